The van der Waals surface area contributed by atoms with Crippen molar-refractivity contribution in [3.63, 3.8) is 0 Å². The molecule has 0 aromatic heterocycles. The Labute approximate surface area is 111 Å². The molecule has 0 radical (unpaired) electrons. The molecule has 0 atom stereocenters. The molecular formula is C14H28N2O2. The topological polar surface area (TPSA) is 41.6 Å². The summed E-state index contributed by atoms with van der Waals surface area (Å²) in [7, 11) is 0. The van der Waals surface area contributed by atoms with E-state index >= 15 is 0 Å². The van der Waals surface area contributed by atoms with Crippen molar-refractivity contribution in [2.75, 3.05) is 19.6 Å². The fourth-order valence-electron chi connectivity index (χ4n) is 1.98. The zero-order valence-electron chi connectivity index (χ0n) is 12.9. The van der Waals surface area contributed by atoms with Crippen molar-refractivity contribution in [3.05, 3.63) is 0 Å². The standard InChI is InChI=1S/C14H28N2O2/c1-12(2,3)18-11(17)16-9-8-15-14(6,7)13(4,5)10-16/h15H,8-10H2,1-7H3. The van der Waals surface area contributed by atoms with Gasteiger partial charge in [0.15, 0.2) is 0 Å². The zero-order chi connectivity index (χ0) is 14.2. The summed E-state index contributed by atoms with van der Waals surface area (Å²) in [6.45, 7) is 16.6. The quantitative estimate of drug-likeness (QED) is 0.724. The summed E-state index contributed by atoms with van der Waals surface area (Å²) in [6.07, 6.45) is -0.213. The molecule has 0 spiro atoms. The molecule has 0 aromatic carbocycles. The van der Waals surface area contributed by atoms with Crippen molar-refractivity contribution < 1.29 is 9.53 Å². The minimum Gasteiger partial charge on any atom is -0.444 e. The van der Waals surface area contributed by atoms with Gasteiger partial charge in [0, 0.05) is 30.6 Å². The van der Waals surface area contributed by atoms with E-state index in [9.17, 15) is 4.79 Å². The predicted octanol–water partition coefficient (Wildman–Crippen LogP) is 2.63. The van der Waals surface area contributed by atoms with E-state index in [0.717, 1.165) is 6.54 Å². The number of rotatable bonds is 0. The summed E-state index contributed by atoms with van der Waals surface area (Å²) in [5, 5.41) is 3.51. The Kier molecular flexibility index (Phi) is 4.01. The van der Waals surface area contributed by atoms with Gasteiger partial charge in [-0.2, -0.15) is 0 Å². The number of nitrogens with one attached hydrogen (secondary N) is 1. The predicted molar refractivity (Wildman–Crippen MR) is 73.7 cm³/mol. The lowest BCUT2D eigenvalue weighted by molar-refractivity contribution is 0.0173. The van der Waals surface area contributed by atoms with Gasteiger partial charge in [0.2, 0.25) is 0 Å². The van der Waals surface area contributed by atoms with E-state index in [-0.39, 0.29) is 17.0 Å². The molecule has 1 fully saturated rings. The number of carbonyl (C=O) groups is 1. The number of ether oxygens (including phenoxy) is 1. The van der Waals surface area contributed by atoms with Crippen LogP contribution in [-0.2, 0) is 4.74 Å². The molecule has 1 amide bonds. The van der Waals surface area contributed by atoms with E-state index in [1.165, 1.54) is 0 Å². The Morgan fingerprint density at radius 1 is 1.22 bits per heavy atom. The van der Waals surface area contributed by atoms with Gasteiger partial charge < -0.3 is 15.0 Å². The molecular weight excluding hydrogens is 228 g/mol. The van der Waals surface area contributed by atoms with Gasteiger partial charge in [-0.1, -0.05) is 13.8 Å². The van der Waals surface area contributed by atoms with Crippen LogP contribution in [0.5, 0.6) is 0 Å². The Morgan fingerprint density at radius 3 is 2.28 bits per heavy atom. The lowest BCUT2D eigenvalue weighted by Gasteiger charge is -2.41. The second-order valence-corrected chi connectivity index (χ2v) is 7.34. The molecule has 18 heavy (non-hydrogen) atoms. The lowest BCUT2D eigenvalue weighted by atomic mass is 9.74. The molecule has 0 aromatic rings. The van der Waals surface area contributed by atoms with Gasteiger partial charge in [0.1, 0.15) is 5.60 Å². The second kappa shape index (κ2) is 4.72. The van der Waals surface area contributed by atoms with Crippen LogP contribution in [0, 0.1) is 5.41 Å². The van der Waals surface area contributed by atoms with E-state index in [4.69, 9.17) is 4.74 Å². The summed E-state index contributed by atoms with van der Waals surface area (Å²) >= 11 is 0. The highest BCUT2D eigenvalue weighted by Gasteiger charge is 2.41. The van der Waals surface area contributed by atoms with Crippen molar-refractivity contribution >= 4 is 6.09 Å². The van der Waals surface area contributed by atoms with Crippen molar-refractivity contribution in [1.29, 1.82) is 0 Å². The number of amides is 1. The van der Waals surface area contributed by atoms with Crippen molar-refractivity contribution in [3.8, 4) is 0 Å². The summed E-state index contributed by atoms with van der Waals surface area (Å²) in [5.41, 5.74) is -0.430. The maximum atomic E-state index is 12.1. The fourth-order valence-corrected chi connectivity index (χ4v) is 1.98. The van der Waals surface area contributed by atoms with Gasteiger partial charge >= 0.3 is 6.09 Å². The summed E-state index contributed by atoms with van der Waals surface area (Å²) < 4.78 is 5.45. The first-order chi connectivity index (χ1) is 7.95. The van der Waals surface area contributed by atoms with E-state index in [0.29, 0.717) is 13.1 Å². The third kappa shape index (κ3) is 3.61. The van der Waals surface area contributed by atoms with Crippen molar-refractivity contribution in [1.82, 2.24) is 10.2 Å². The van der Waals surface area contributed by atoms with E-state index in [1.54, 1.807) is 0 Å². The highest BCUT2D eigenvalue weighted by atomic mass is 16.6. The molecule has 0 saturated carbocycles. The number of hydrogen-bond donors (Lipinski definition) is 1. The van der Waals surface area contributed by atoms with Crippen LogP contribution in [0.2, 0.25) is 0 Å². The van der Waals surface area contributed by atoms with Crippen LogP contribution in [0.1, 0.15) is 48.5 Å². The smallest absolute Gasteiger partial charge is 0.410 e. The molecule has 4 nitrogen and oxygen atoms in total. The Balaban J connectivity index is 2.78. The average Bonchev–Trinajstić information content (AvgIpc) is 2.21. The Hall–Kier alpha value is -0.770. The minimum absolute atomic E-state index is 0.000401. The maximum Gasteiger partial charge on any atom is 0.410 e. The molecule has 1 aliphatic heterocycles. The maximum absolute atomic E-state index is 12.1. The van der Waals surface area contributed by atoms with Gasteiger partial charge in [-0.3, -0.25) is 0 Å². The van der Waals surface area contributed by atoms with Crippen LogP contribution in [0.3, 0.4) is 0 Å². The molecule has 1 rings (SSSR count). The first-order valence-electron chi connectivity index (χ1n) is 6.68. The summed E-state index contributed by atoms with van der Waals surface area (Å²) in [4.78, 5) is 14.0. The molecule has 1 saturated heterocycles. The first-order valence-corrected chi connectivity index (χ1v) is 6.68. The molecule has 4 heteroatoms. The molecule has 1 N–H and O–H groups in total. The Morgan fingerprint density at radius 2 is 1.78 bits per heavy atom. The number of hydrogen-bond acceptors (Lipinski definition) is 3. The van der Waals surface area contributed by atoms with E-state index < -0.39 is 5.60 Å². The van der Waals surface area contributed by atoms with Gasteiger partial charge in [-0.15, -0.1) is 0 Å². The SMILES string of the molecule is CC(C)(C)OC(=O)N1CCNC(C)(C)C(C)(C)C1. The van der Waals surface area contributed by atoms with Crippen LogP contribution in [0.25, 0.3) is 0 Å². The fraction of sp³-hybridized carbons (Fsp3) is 0.929. The van der Waals surface area contributed by atoms with E-state index in [2.05, 4.69) is 33.0 Å². The normalized spacial score (nSPS) is 23.4. The van der Waals surface area contributed by atoms with Crippen molar-refractivity contribution in [2.24, 2.45) is 5.41 Å². The highest BCUT2D eigenvalue weighted by Crippen LogP contribution is 2.33. The van der Waals surface area contributed by atoms with Crippen LogP contribution >= 0.6 is 0 Å². The van der Waals surface area contributed by atoms with Gasteiger partial charge in [-0.05, 0) is 34.6 Å². The number of carbonyl (C=O) groups excluding carboxylic acids is 1. The van der Waals surface area contributed by atoms with Gasteiger partial charge in [0.25, 0.3) is 0 Å². The Bertz CT molecular complexity index is 316. The monoisotopic (exact) mass is 256 g/mol. The minimum atomic E-state index is -0.434. The molecule has 1 heterocycles. The summed E-state index contributed by atoms with van der Waals surface area (Å²) in [6, 6.07) is 0. The average molecular weight is 256 g/mol. The molecule has 1 aliphatic rings. The van der Waals surface area contributed by atoms with Crippen LogP contribution in [-0.4, -0.2) is 41.8 Å². The summed E-state index contributed by atoms with van der Waals surface area (Å²) in [5.74, 6) is 0. The first kappa shape index (κ1) is 15.3. The van der Waals surface area contributed by atoms with Crippen LogP contribution < -0.4 is 5.32 Å². The second-order valence-electron chi connectivity index (χ2n) is 7.34. The highest BCUT2D eigenvalue weighted by molar-refractivity contribution is 5.68. The molecule has 0 bridgehead atoms. The number of nitrogens with zero attached hydrogens (tertiary/aromatic N) is 1. The van der Waals surface area contributed by atoms with Crippen LogP contribution in [0.4, 0.5) is 4.79 Å². The van der Waals surface area contributed by atoms with Crippen LogP contribution in [0.15, 0.2) is 0 Å². The molecule has 0 aliphatic carbocycles. The van der Waals surface area contributed by atoms with E-state index in [1.807, 2.05) is 25.7 Å². The lowest BCUT2D eigenvalue weighted by Crippen LogP contribution is -2.52. The zero-order valence-corrected chi connectivity index (χ0v) is 12.9. The molecule has 106 valence electrons. The van der Waals surface area contributed by atoms with Crippen molar-refractivity contribution in [2.45, 2.75) is 59.6 Å². The third-order valence-corrected chi connectivity index (χ3v) is 3.88. The van der Waals surface area contributed by atoms with Gasteiger partial charge in [-0.25, -0.2) is 4.79 Å². The van der Waals surface area contributed by atoms with Gasteiger partial charge in [0.05, 0.1) is 0 Å². The third-order valence-electron chi connectivity index (χ3n) is 3.88. The largest absolute Gasteiger partial charge is 0.444 e. The molecule has 0 unspecified atom stereocenters.